The van der Waals surface area contributed by atoms with Crippen molar-refractivity contribution in [2.24, 2.45) is 0 Å². The number of carboxylic acids is 1. The van der Waals surface area contributed by atoms with Gasteiger partial charge in [-0.15, -0.1) is 0 Å². The zero-order valence-corrected chi connectivity index (χ0v) is 18.0. The number of rotatable bonds is 7. The molecule has 2 rings (SSSR count). The zero-order chi connectivity index (χ0) is 21.6. The van der Waals surface area contributed by atoms with Gasteiger partial charge in [-0.3, -0.25) is 14.5 Å². The maximum absolute atomic E-state index is 12.8. The number of hydrogen-bond donors (Lipinski definition) is 3. The number of halogens is 1. The lowest BCUT2D eigenvalue weighted by Crippen LogP contribution is -2.46. The molecule has 2 atom stereocenters. The number of nitrogens with zero attached hydrogens (tertiary/aromatic N) is 1. The predicted molar refractivity (Wildman–Crippen MR) is 113 cm³/mol. The molecule has 0 bridgehead atoms. The topological polar surface area (TPSA) is 116 Å². The van der Waals surface area contributed by atoms with Gasteiger partial charge in [0.2, 0.25) is 5.91 Å². The molecule has 0 heterocycles. The highest BCUT2D eigenvalue weighted by Gasteiger charge is 2.31. The standard InChI is InChI=1S/C20H21IN2O6/c1-12(19(26)27)22-18(25)17(14-8-9-16(24)15(21)10-14)23(2)20(28)29-11-13-6-4-3-5-7-13/h3-10,12,17,24H,11H2,1-2H3,(H,22,25)(H,26,27). The molecule has 0 aromatic heterocycles. The molecule has 2 aromatic carbocycles. The quantitative estimate of drug-likeness (QED) is 0.492. The number of amides is 2. The van der Waals surface area contributed by atoms with Gasteiger partial charge in [0.1, 0.15) is 24.4 Å². The number of carbonyl (C=O) groups excluding carboxylic acids is 2. The number of benzene rings is 2. The van der Waals surface area contributed by atoms with Gasteiger partial charge in [-0.2, -0.15) is 0 Å². The molecule has 2 aromatic rings. The van der Waals surface area contributed by atoms with Crippen LogP contribution < -0.4 is 5.32 Å². The summed E-state index contributed by atoms with van der Waals surface area (Å²) >= 11 is 1.90. The van der Waals surface area contributed by atoms with E-state index in [1.807, 2.05) is 40.8 Å². The van der Waals surface area contributed by atoms with E-state index in [2.05, 4.69) is 5.32 Å². The van der Waals surface area contributed by atoms with Crippen LogP contribution in [0.5, 0.6) is 5.75 Å². The van der Waals surface area contributed by atoms with Gasteiger partial charge in [0.25, 0.3) is 0 Å². The van der Waals surface area contributed by atoms with Crippen LogP contribution in [0.1, 0.15) is 24.1 Å². The highest BCUT2D eigenvalue weighted by Crippen LogP contribution is 2.27. The van der Waals surface area contributed by atoms with E-state index in [9.17, 15) is 19.5 Å². The van der Waals surface area contributed by atoms with E-state index in [0.717, 1.165) is 10.5 Å². The molecule has 2 amide bonds. The molecule has 154 valence electrons. The van der Waals surface area contributed by atoms with E-state index in [1.54, 1.807) is 18.2 Å². The first-order valence-corrected chi connectivity index (χ1v) is 9.73. The van der Waals surface area contributed by atoms with Crippen LogP contribution >= 0.6 is 22.6 Å². The molecule has 0 aliphatic rings. The van der Waals surface area contributed by atoms with Crippen LogP contribution in [0, 0.1) is 3.57 Å². The van der Waals surface area contributed by atoms with Crippen molar-refractivity contribution < 1.29 is 29.3 Å². The predicted octanol–water partition coefficient (Wildman–Crippen LogP) is 2.90. The second-order valence-electron chi connectivity index (χ2n) is 6.33. The summed E-state index contributed by atoms with van der Waals surface area (Å²) in [6.07, 6.45) is -0.750. The number of aromatic hydroxyl groups is 1. The number of aliphatic carboxylic acids is 1. The van der Waals surface area contributed by atoms with Crippen LogP contribution in [0.15, 0.2) is 48.5 Å². The smallest absolute Gasteiger partial charge is 0.410 e. The van der Waals surface area contributed by atoms with Gasteiger partial charge in [-0.1, -0.05) is 36.4 Å². The Morgan fingerprint density at radius 2 is 1.83 bits per heavy atom. The molecular weight excluding hydrogens is 491 g/mol. The molecule has 0 fully saturated rings. The molecule has 0 aliphatic carbocycles. The Labute approximate surface area is 181 Å². The number of ether oxygens (including phenoxy) is 1. The first-order valence-electron chi connectivity index (χ1n) is 8.65. The summed E-state index contributed by atoms with van der Waals surface area (Å²) < 4.78 is 5.77. The second-order valence-corrected chi connectivity index (χ2v) is 7.50. The first kappa shape index (κ1) is 22.5. The minimum Gasteiger partial charge on any atom is -0.507 e. The van der Waals surface area contributed by atoms with Gasteiger partial charge >= 0.3 is 12.1 Å². The summed E-state index contributed by atoms with van der Waals surface area (Å²) in [5.74, 6) is -1.85. The van der Waals surface area contributed by atoms with Crippen molar-refractivity contribution >= 4 is 40.6 Å². The lowest BCUT2D eigenvalue weighted by Gasteiger charge is -2.28. The van der Waals surface area contributed by atoms with Crippen LogP contribution in [-0.4, -0.2) is 46.2 Å². The van der Waals surface area contributed by atoms with Crippen LogP contribution in [0.25, 0.3) is 0 Å². The van der Waals surface area contributed by atoms with E-state index in [0.29, 0.717) is 9.13 Å². The zero-order valence-electron chi connectivity index (χ0n) is 15.8. The van der Waals surface area contributed by atoms with E-state index in [4.69, 9.17) is 9.84 Å². The van der Waals surface area contributed by atoms with Crippen molar-refractivity contribution in [3.8, 4) is 5.75 Å². The lowest BCUT2D eigenvalue weighted by molar-refractivity contribution is -0.142. The molecule has 0 saturated heterocycles. The third-order valence-corrected chi connectivity index (χ3v) is 5.01. The molecule has 0 spiro atoms. The van der Waals surface area contributed by atoms with Crippen molar-refractivity contribution in [3.05, 3.63) is 63.2 Å². The number of carbonyl (C=O) groups is 3. The van der Waals surface area contributed by atoms with Crippen molar-refractivity contribution in [1.82, 2.24) is 10.2 Å². The van der Waals surface area contributed by atoms with Crippen LogP contribution in [0.3, 0.4) is 0 Å². The largest absolute Gasteiger partial charge is 0.507 e. The molecule has 0 radical (unpaired) electrons. The van der Waals surface area contributed by atoms with Gasteiger partial charge in [-0.25, -0.2) is 4.79 Å². The second kappa shape index (κ2) is 10.1. The molecule has 9 heteroatoms. The summed E-state index contributed by atoms with van der Waals surface area (Å²) in [4.78, 5) is 37.5. The summed E-state index contributed by atoms with van der Waals surface area (Å²) in [6, 6.07) is 11.2. The molecular formula is C20H21IN2O6. The molecule has 0 aliphatic heterocycles. The van der Waals surface area contributed by atoms with Crippen molar-refractivity contribution in [2.45, 2.75) is 25.6 Å². The first-order chi connectivity index (χ1) is 13.7. The van der Waals surface area contributed by atoms with E-state index < -0.39 is 30.1 Å². The van der Waals surface area contributed by atoms with Crippen molar-refractivity contribution in [1.29, 1.82) is 0 Å². The fourth-order valence-corrected chi connectivity index (χ4v) is 3.06. The van der Waals surface area contributed by atoms with E-state index in [-0.39, 0.29) is 12.4 Å². The van der Waals surface area contributed by atoms with Gasteiger partial charge in [-0.05, 0) is 52.8 Å². The van der Waals surface area contributed by atoms with Crippen LogP contribution in [0.2, 0.25) is 0 Å². The SMILES string of the molecule is CC(NC(=O)C(c1ccc(O)c(I)c1)N(C)C(=O)OCc1ccccc1)C(=O)O. The van der Waals surface area contributed by atoms with E-state index in [1.165, 1.54) is 26.1 Å². The van der Waals surface area contributed by atoms with Crippen molar-refractivity contribution in [3.63, 3.8) is 0 Å². The fourth-order valence-electron chi connectivity index (χ4n) is 2.52. The van der Waals surface area contributed by atoms with Crippen molar-refractivity contribution in [2.75, 3.05) is 7.05 Å². The van der Waals surface area contributed by atoms with Crippen LogP contribution in [-0.2, 0) is 20.9 Å². The molecule has 2 unspecified atom stereocenters. The summed E-state index contributed by atoms with van der Waals surface area (Å²) in [5.41, 5.74) is 1.19. The summed E-state index contributed by atoms with van der Waals surface area (Å²) in [5, 5.41) is 21.2. The lowest BCUT2D eigenvalue weighted by atomic mass is 10.0. The molecule has 29 heavy (non-hydrogen) atoms. The highest BCUT2D eigenvalue weighted by atomic mass is 127. The Morgan fingerprint density at radius 1 is 1.17 bits per heavy atom. The number of nitrogens with one attached hydrogen (secondary N) is 1. The minimum absolute atomic E-state index is 0.0248. The van der Waals surface area contributed by atoms with Gasteiger partial charge in [0, 0.05) is 7.05 Å². The summed E-state index contributed by atoms with van der Waals surface area (Å²) in [7, 11) is 1.39. The number of likely N-dealkylation sites (N-methyl/N-ethyl adjacent to an activating group) is 1. The molecule has 0 saturated carbocycles. The molecule has 8 nitrogen and oxygen atoms in total. The minimum atomic E-state index is -1.20. The normalized spacial score (nSPS) is 12.5. The Bertz CT molecular complexity index is 890. The highest BCUT2D eigenvalue weighted by molar-refractivity contribution is 14.1. The Kier molecular flexibility index (Phi) is 7.82. The van der Waals surface area contributed by atoms with E-state index >= 15 is 0 Å². The maximum Gasteiger partial charge on any atom is 0.410 e. The van der Waals surface area contributed by atoms with Gasteiger partial charge in [0.05, 0.1) is 3.57 Å². The number of phenolic OH excluding ortho intramolecular Hbond substituents is 1. The summed E-state index contributed by atoms with van der Waals surface area (Å²) in [6.45, 7) is 1.35. The van der Waals surface area contributed by atoms with Gasteiger partial charge < -0.3 is 20.3 Å². The Hall–Kier alpha value is -2.82. The average molecular weight is 512 g/mol. The third kappa shape index (κ3) is 6.08. The maximum atomic E-state index is 12.8. The number of phenols is 1. The third-order valence-electron chi connectivity index (χ3n) is 4.15. The number of carboxylic acid groups (broad SMARTS) is 1. The monoisotopic (exact) mass is 512 g/mol. The average Bonchev–Trinajstić information content (AvgIpc) is 2.69. The van der Waals surface area contributed by atoms with Gasteiger partial charge in [0.15, 0.2) is 0 Å². The Morgan fingerprint density at radius 3 is 2.41 bits per heavy atom. The number of hydrogen-bond acceptors (Lipinski definition) is 5. The fraction of sp³-hybridized carbons (Fsp3) is 0.250. The van der Waals surface area contributed by atoms with Crippen LogP contribution in [0.4, 0.5) is 4.79 Å². The Balaban J connectivity index is 2.24. The molecule has 3 N–H and O–H groups in total.